The van der Waals surface area contributed by atoms with Crippen LogP contribution in [0.1, 0.15) is 38.7 Å². The monoisotopic (exact) mass is 340 g/mol. The third-order valence-corrected chi connectivity index (χ3v) is 3.81. The van der Waals surface area contributed by atoms with Gasteiger partial charge in [-0.2, -0.15) is 0 Å². The molecule has 2 amide bonds. The molecular formula is C20H24N2O3. The first kappa shape index (κ1) is 18.7. The van der Waals surface area contributed by atoms with Crippen LogP contribution in [0.25, 0.3) is 0 Å². The van der Waals surface area contributed by atoms with Crippen LogP contribution in [0, 0.1) is 0 Å². The molecule has 2 aromatic carbocycles. The molecular weight excluding hydrogens is 316 g/mol. The lowest BCUT2D eigenvalue weighted by Gasteiger charge is -2.23. The summed E-state index contributed by atoms with van der Waals surface area (Å²) in [6.07, 6.45) is 1.16. The largest absolute Gasteiger partial charge is 0.385 e. The summed E-state index contributed by atoms with van der Waals surface area (Å²) in [5, 5.41) is 16.1. The van der Waals surface area contributed by atoms with Gasteiger partial charge in [-0.15, -0.1) is 0 Å². The lowest BCUT2D eigenvalue weighted by molar-refractivity contribution is -0.120. The molecule has 0 aliphatic carbocycles. The minimum atomic E-state index is -1.25. The topological polar surface area (TPSA) is 78.4 Å². The standard InChI is InChI=1S/C20H24N2O3/c1-3-8-18(23)21-16-11-7-12-17(13-16)22-19(24)14-20(2,25)15-9-5-4-6-10-15/h4-7,9-13,25H,3,8,14H2,1-2H3,(H,21,23)(H,22,24). The summed E-state index contributed by atoms with van der Waals surface area (Å²) < 4.78 is 0. The van der Waals surface area contributed by atoms with Crippen molar-refractivity contribution in [3.8, 4) is 0 Å². The molecule has 132 valence electrons. The number of amides is 2. The fourth-order valence-electron chi connectivity index (χ4n) is 2.54. The minimum Gasteiger partial charge on any atom is -0.385 e. The number of carbonyl (C=O) groups is 2. The molecule has 0 saturated heterocycles. The summed E-state index contributed by atoms with van der Waals surface area (Å²) in [4.78, 5) is 23.9. The zero-order valence-electron chi connectivity index (χ0n) is 14.6. The molecule has 25 heavy (non-hydrogen) atoms. The molecule has 0 radical (unpaired) electrons. The number of carbonyl (C=O) groups excluding carboxylic acids is 2. The Morgan fingerprint density at radius 2 is 1.56 bits per heavy atom. The van der Waals surface area contributed by atoms with Gasteiger partial charge in [0.1, 0.15) is 0 Å². The molecule has 0 heterocycles. The Labute approximate surface area is 148 Å². The third kappa shape index (κ3) is 5.72. The quantitative estimate of drug-likeness (QED) is 0.720. The van der Waals surface area contributed by atoms with E-state index in [-0.39, 0.29) is 18.2 Å². The number of benzene rings is 2. The Morgan fingerprint density at radius 3 is 2.16 bits per heavy atom. The summed E-state index contributed by atoms with van der Waals surface area (Å²) in [7, 11) is 0. The van der Waals surface area contributed by atoms with Gasteiger partial charge in [0.2, 0.25) is 11.8 Å². The number of hydrogen-bond donors (Lipinski definition) is 3. The van der Waals surface area contributed by atoms with E-state index < -0.39 is 5.60 Å². The van der Waals surface area contributed by atoms with E-state index in [1.54, 1.807) is 43.3 Å². The van der Waals surface area contributed by atoms with E-state index in [0.717, 1.165) is 6.42 Å². The third-order valence-electron chi connectivity index (χ3n) is 3.81. The average Bonchev–Trinajstić information content (AvgIpc) is 2.55. The number of hydrogen-bond acceptors (Lipinski definition) is 3. The lowest BCUT2D eigenvalue weighted by Crippen LogP contribution is -2.28. The van der Waals surface area contributed by atoms with E-state index in [1.165, 1.54) is 0 Å². The van der Waals surface area contributed by atoms with Gasteiger partial charge in [-0.1, -0.05) is 43.3 Å². The second-order valence-corrected chi connectivity index (χ2v) is 6.24. The molecule has 0 aliphatic heterocycles. The van der Waals surface area contributed by atoms with Crippen LogP contribution in [0.4, 0.5) is 11.4 Å². The summed E-state index contributed by atoms with van der Waals surface area (Å²) >= 11 is 0. The second kappa shape index (κ2) is 8.44. The first-order valence-corrected chi connectivity index (χ1v) is 8.38. The zero-order valence-corrected chi connectivity index (χ0v) is 14.6. The van der Waals surface area contributed by atoms with Gasteiger partial charge in [0.25, 0.3) is 0 Å². The molecule has 3 N–H and O–H groups in total. The normalized spacial score (nSPS) is 12.9. The molecule has 1 unspecified atom stereocenters. The molecule has 1 atom stereocenters. The van der Waals surface area contributed by atoms with Gasteiger partial charge in [0.15, 0.2) is 0 Å². The van der Waals surface area contributed by atoms with E-state index in [9.17, 15) is 14.7 Å². The Bertz CT molecular complexity index is 727. The predicted octanol–water partition coefficient (Wildman–Crippen LogP) is 3.66. The molecule has 0 aromatic heterocycles. The fraction of sp³-hybridized carbons (Fsp3) is 0.300. The van der Waals surface area contributed by atoms with Crippen molar-refractivity contribution >= 4 is 23.2 Å². The van der Waals surface area contributed by atoms with Crippen LogP contribution in [0.3, 0.4) is 0 Å². The highest BCUT2D eigenvalue weighted by atomic mass is 16.3. The molecule has 2 rings (SSSR count). The summed E-state index contributed by atoms with van der Waals surface area (Å²) in [5.74, 6) is -0.358. The van der Waals surface area contributed by atoms with Crippen molar-refractivity contribution in [1.29, 1.82) is 0 Å². The maximum absolute atomic E-state index is 12.3. The van der Waals surface area contributed by atoms with Crippen LogP contribution in [0.5, 0.6) is 0 Å². The Morgan fingerprint density at radius 1 is 0.960 bits per heavy atom. The smallest absolute Gasteiger partial charge is 0.227 e. The van der Waals surface area contributed by atoms with Gasteiger partial charge in [-0.3, -0.25) is 9.59 Å². The van der Waals surface area contributed by atoms with Crippen molar-refractivity contribution in [3.63, 3.8) is 0 Å². The Balaban J connectivity index is 1.99. The van der Waals surface area contributed by atoms with E-state index in [2.05, 4.69) is 10.6 Å². The number of anilines is 2. The average molecular weight is 340 g/mol. The highest BCUT2D eigenvalue weighted by Gasteiger charge is 2.26. The van der Waals surface area contributed by atoms with E-state index >= 15 is 0 Å². The maximum atomic E-state index is 12.3. The molecule has 0 aliphatic rings. The first-order chi connectivity index (χ1) is 11.9. The molecule has 2 aromatic rings. The van der Waals surface area contributed by atoms with Gasteiger partial charge in [0.05, 0.1) is 12.0 Å². The van der Waals surface area contributed by atoms with Crippen molar-refractivity contribution < 1.29 is 14.7 Å². The SMILES string of the molecule is CCCC(=O)Nc1cccc(NC(=O)CC(C)(O)c2ccccc2)c1. The van der Waals surface area contributed by atoms with Crippen molar-refractivity contribution in [2.75, 3.05) is 10.6 Å². The number of rotatable bonds is 7. The van der Waals surface area contributed by atoms with Gasteiger partial charge in [-0.25, -0.2) is 0 Å². The molecule has 5 nitrogen and oxygen atoms in total. The summed E-state index contributed by atoms with van der Waals surface area (Å²) in [6, 6.07) is 16.0. The molecule has 0 spiro atoms. The lowest BCUT2D eigenvalue weighted by atomic mass is 9.92. The Hall–Kier alpha value is -2.66. The highest BCUT2D eigenvalue weighted by molar-refractivity contribution is 5.94. The van der Waals surface area contributed by atoms with Crippen LogP contribution < -0.4 is 10.6 Å². The van der Waals surface area contributed by atoms with Gasteiger partial charge in [-0.05, 0) is 37.1 Å². The molecule has 5 heteroatoms. The van der Waals surface area contributed by atoms with Crippen molar-refractivity contribution in [2.45, 2.75) is 38.7 Å². The predicted molar refractivity (Wildman–Crippen MR) is 99.2 cm³/mol. The highest BCUT2D eigenvalue weighted by Crippen LogP contribution is 2.25. The first-order valence-electron chi connectivity index (χ1n) is 8.38. The van der Waals surface area contributed by atoms with Gasteiger partial charge in [0, 0.05) is 17.8 Å². The zero-order chi connectivity index (χ0) is 18.3. The number of aliphatic hydroxyl groups is 1. The molecule has 0 bridgehead atoms. The van der Waals surface area contributed by atoms with Crippen LogP contribution in [0.2, 0.25) is 0 Å². The van der Waals surface area contributed by atoms with Crippen molar-refractivity contribution in [3.05, 3.63) is 60.2 Å². The van der Waals surface area contributed by atoms with Gasteiger partial charge < -0.3 is 15.7 Å². The summed E-state index contributed by atoms with van der Waals surface area (Å²) in [6.45, 7) is 3.55. The van der Waals surface area contributed by atoms with Crippen LogP contribution in [-0.4, -0.2) is 16.9 Å². The van der Waals surface area contributed by atoms with Crippen LogP contribution >= 0.6 is 0 Å². The van der Waals surface area contributed by atoms with Crippen molar-refractivity contribution in [2.24, 2.45) is 0 Å². The van der Waals surface area contributed by atoms with E-state index in [1.807, 2.05) is 25.1 Å². The summed E-state index contributed by atoms with van der Waals surface area (Å²) in [5.41, 5.74) is 0.637. The second-order valence-electron chi connectivity index (χ2n) is 6.24. The maximum Gasteiger partial charge on any atom is 0.227 e. The minimum absolute atomic E-state index is 0.0574. The molecule has 0 saturated carbocycles. The Kier molecular flexibility index (Phi) is 6.31. The van der Waals surface area contributed by atoms with Crippen LogP contribution in [0.15, 0.2) is 54.6 Å². The number of nitrogens with one attached hydrogen (secondary N) is 2. The van der Waals surface area contributed by atoms with Gasteiger partial charge >= 0.3 is 0 Å². The van der Waals surface area contributed by atoms with Crippen LogP contribution in [-0.2, 0) is 15.2 Å². The van der Waals surface area contributed by atoms with E-state index in [0.29, 0.717) is 23.4 Å². The van der Waals surface area contributed by atoms with Crippen molar-refractivity contribution in [1.82, 2.24) is 0 Å². The van der Waals surface area contributed by atoms with E-state index in [4.69, 9.17) is 0 Å². The fourth-order valence-corrected chi connectivity index (χ4v) is 2.54. The molecule has 0 fully saturated rings.